The SMILES string of the molecule is O=C1NC(=O)C2(CCc3cc(C(=O)NCc4ccccc4CI)ccc3C2)N1. The molecule has 0 aromatic heterocycles. The van der Waals surface area contributed by atoms with E-state index in [-0.39, 0.29) is 11.8 Å². The maximum absolute atomic E-state index is 12.6. The predicted molar refractivity (Wildman–Crippen MR) is 113 cm³/mol. The van der Waals surface area contributed by atoms with Crippen LogP contribution in [0.25, 0.3) is 0 Å². The highest BCUT2D eigenvalue weighted by Crippen LogP contribution is 2.31. The number of rotatable bonds is 4. The van der Waals surface area contributed by atoms with Crippen molar-refractivity contribution in [2.45, 2.75) is 35.8 Å². The maximum atomic E-state index is 12.6. The number of amides is 4. The second-order valence-corrected chi connectivity index (χ2v) is 8.00. The minimum atomic E-state index is -0.850. The van der Waals surface area contributed by atoms with Crippen molar-refractivity contribution >= 4 is 40.4 Å². The Morgan fingerprint density at radius 3 is 2.61 bits per heavy atom. The molecule has 2 aromatic carbocycles. The number of urea groups is 1. The normalized spacial score (nSPS) is 20.5. The molecule has 1 unspecified atom stereocenters. The standard InChI is InChI=1S/C21H20IN3O3/c22-11-16-3-1-2-4-17(16)12-23-18(26)14-5-6-15-10-21(8-7-13(15)9-14)19(27)24-20(28)25-21/h1-6,9H,7-8,10-12H2,(H,23,26)(H2,24,25,27,28). The van der Waals surface area contributed by atoms with Gasteiger partial charge < -0.3 is 10.6 Å². The molecule has 1 atom stereocenters. The molecule has 1 spiro atoms. The zero-order valence-corrected chi connectivity index (χ0v) is 17.3. The van der Waals surface area contributed by atoms with Crippen LogP contribution < -0.4 is 16.0 Å². The van der Waals surface area contributed by atoms with Crippen LogP contribution in [-0.2, 0) is 28.6 Å². The molecular weight excluding hydrogens is 469 g/mol. The lowest BCUT2D eigenvalue weighted by atomic mass is 9.77. The Balaban J connectivity index is 1.47. The van der Waals surface area contributed by atoms with Gasteiger partial charge in [-0.25, -0.2) is 4.79 Å². The van der Waals surface area contributed by atoms with Crippen LogP contribution in [0.5, 0.6) is 0 Å². The van der Waals surface area contributed by atoms with Crippen molar-refractivity contribution in [3.63, 3.8) is 0 Å². The summed E-state index contributed by atoms with van der Waals surface area (Å²) in [5.41, 5.74) is 4.15. The summed E-state index contributed by atoms with van der Waals surface area (Å²) in [6, 6.07) is 13.2. The van der Waals surface area contributed by atoms with E-state index in [2.05, 4.69) is 44.6 Å². The minimum absolute atomic E-state index is 0.113. The van der Waals surface area contributed by atoms with E-state index in [0.29, 0.717) is 31.4 Å². The molecule has 0 saturated carbocycles. The first kappa shape index (κ1) is 18.9. The van der Waals surface area contributed by atoms with Gasteiger partial charge in [-0.1, -0.05) is 52.9 Å². The molecule has 2 aromatic rings. The number of fused-ring (bicyclic) bond motifs is 1. The molecule has 7 heteroatoms. The third-order valence-electron chi connectivity index (χ3n) is 5.50. The van der Waals surface area contributed by atoms with Crippen LogP contribution in [0.4, 0.5) is 4.79 Å². The lowest BCUT2D eigenvalue weighted by Crippen LogP contribution is -2.51. The summed E-state index contributed by atoms with van der Waals surface area (Å²) >= 11 is 2.32. The van der Waals surface area contributed by atoms with Crippen molar-refractivity contribution in [2.75, 3.05) is 0 Å². The number of hydrogen-bond donors (Lipinski definition) is 3. The first-order valence-electron chi connectivity index (χ1n) is 9.17. The van der Waals surface area contributed by atoms with Crippen molar-refractivity contribution in [3.05, 3.63) is 70.3 Å². The Hall–Kier alpha value is -2.42. The van der Waals surface area contributed by atoms with Crippen LogP contribution in [0.15, 0.2) is 42.5 Å². The number of hydrogen-bond acceptors (Lipinski definition) is 3. The lowest BCUT2D eigenvalue weighted by Gasteiger charge is -2.32. The lowest BCUT2D eigenvalue weighted by molar-refractivity contribution is -0.124. The Labute approximate surface area is 176 Å². The summed E-state index contributed by atoms with van der Waals surface area (Å²) < 4.78 is 0.897. The van der Waals surface area contributed by atoms with Crippen LogP contribution in [0.2, 0.25) is 0 Å². The number of imide groups is 1. The van der Waals surface area contributed by atoms with Crippen LogP contribution in [0.1, 0.15) is 39.0 Å². The zero-order valence-electron chi connectivity index (χ0n) is 15.2. The van der Waals surface area contributed by atoms with Gasteiger partial charge in [0, 0.05) is 23.0 Å². The van der Waals surface area contributed by atoms with Gasteiger partial charge in [-0.3, -0.25) is 14.9 Å². The van der Waals surface area contributed by atoms with Crippen molar-refractivity contribution in [1.29, 1.82) is 0 Å². The smallest absolute Gasteiger partial charge is 0.322 e. The summed E-state index contributed by atoms with van der Waals surface area (Å²) in [6.45, 7) is 0.490. The van der Waals surface area contributed by atoms with E-state index in [0.717, 1.165) is 21.1 Å². The van der Waals surface area contributed by atoms with Gasteiger partial charge in [-0.05, 0) is 47.2 Å². The van der Waals surface area contributed by atoms with E-state index in [1.807, 2.05) is 30.3 Å². The maximum Gasteiger partial charge on any atom is 0.322 e. The first-order valence-corrected chi connectivity index (χ1v) is 10.7. The Morgan fingerprint density at radius 1 is 1.11 bits per heavy atom. The predicted octanol–water partition coefficient (Wildman–Crippen LogP) is 2.62. The Morgan fingerprint density at radius 2 is 1.89 bits per heavy atom. The third-order valence-corrected chi connectivity index (χ3v) is 6.32. The summed E-state index contributed by atoms with van der Waals surface area (Å²) in [5.74, 6) is -0.378. The third kappa shape index (κ3) is 3.50. The number of nitrogens with one attached hydrogen (secondary N) is 3. The Kier molecular flexibility index (Phi) is 5.09. The summed E-state index contributed by atoms with van der Waals surface area (Å²) in [7, 11) is 0. The number of carbonyl (C=O) groups is 3. The van der Waals surface area contributed by atoms with Crippen molar-refractivity contribution in [1.82, 2.24) is 16.0 Å². The van der Waals surface area contributed by atoms with E-state index in [4.69, 9.17) is 0 Å². The number of benzene rings is 2. The molecule has 1 saturated heterocycles. The van der Waals surface area contributed by atoms with Crippen molar-refractivity contribution < 1.29 is 14.4 Å². The van der Waals surface area contributed by atoms with Gasteiger partial charge in [0.25, 0.3) is 11.8 Å². The number of halogens is 1. The molecule has 1 fully saturated rings. The largest absolute Gasteiger partial charge is 0.348 e. The molecule has 1 aliphatic carbocycles. The molecule has 4 amide bonds. The van der Waals surface area contributed by atoms with Gasteiger partial charge in [-0.15, -0.1) is 0 Å². The average Bonchev–Trinajstić information content (AvgIpc) is 2.98. The van der Waals surface area contributed by atoms with E-state index >= 15 is 0 Å². The fourth-order valence-corrected chi connectivity index (χ4v) is 4.64. The molecule has 1 heterocycles. The molecule has 2 aliphatic rings. The summed E-state index contributed by atoms with van der Waals surface area (Å²) in [5, 5.41) is 8.09. The molecule has 4 rings (SSSR count). The van der Waals surface area contributed by atoms with Crippen molar-refractivity contribution in [2.24, 2.45) is 0 Å². The molecule has 1 aliphatic heterocycles. The summed E-state index contributed by atoms with van der Waals surface area (Å²) in [4.78, 5) is 36.3. The monoisotopic (exact) mass is 489 g/mol. The van der Waals surface area contributed by atoms with Gasteiger partial charge >= 0.3 is 6.03 Å². The quantitative estimate of drug-likeness (QED) is 0.351. The molecule has 6 nitrogen and oxygen atoms in total. The highest BCUT2D eigenvalue weighted by molar-refractivity contribution is 14.1. The highest BCUT2D eigenvalue weighted by atomic mass is 127. The summed E-state index contributed by atoms with van der Waals surface area (Å²) in [6.07, 6.45) is 1.62. The topological polar surface area (TPSA) is 87.3 Å². The number of aryl methyl sites for hydroxylation is 1. The van der Waals surface area contributed by atoms with Gasteiger partial charge in [-0.2, -0.15) is 0 Å². The second kappa shape index (κ2) is 7.54. The van der Waals surface area contributed by atoms with Crippen molar-refractivity contribution in [3.8, 4) is 0 Å². The van der Waals surface area contributed by atoms with Crippen LogP contribution >= 0.6 is 22.6 Å². The van der Waals surface area contributed by atoms with E-state index in [1.165, 1.54) is 5.56 Å². The van der Waals surface area contributed by atoms with E-state index in [9.17, 15) is 14.4 Å². The molecular formula is C21H20IN3O3. The van der Waals surface area contributed by atoms with E-state index in [1.54, 1.807) is 6.07 Å². The first-order chi connectivity index (χ1) is 13.5. The van der Waals surface area contributed by atoms with Gasteiger partial charge in [0.05, 0.1) is 0 Å². The Bertz CT molecular complexity index is 975. The zero-order chi connectivity index (χ0) is 19.7. The number of alkyl halides is 1. The fraction of sp³-hybridized carbons (Fsp3) is 0.286. The van der Waals surface area contributed by atoms with Crippen LogP contribution in [-0.4, -0.2) is 23.4 Å². The highest BCUT2D eigenvalue weighted by Gasteiger charge is 2.47. The number of carbonyl (C=O) groups excluding carboxylic acids is 3. The van der Waals surface area contributed by atoms with Gasteiger partial charge in [0.15, 0.2) is 0 Å². The molecule has 3 N–H and O–H groups in total. The molecule has 0 bridgehead atoms. The minimum Gasteiger partial charge on any atom is -0.348 e. The average molecular weight is 489 g/mol. The molecule has 28 heavy (non-hydrogen) atoms. The second-order valence-electron chi connectivity index (χ2n) is 7.24. The molecule has 0 radical (unpaired) electrons. The molecule has 144 valence electrons. The van der Waals surface area contributed by atoms with E-state index < -0.39 is 11.6 Å². The van der Waals surface area contributed by atoms with Gasteiger partial charge in [0.1, 0.15) is 5.54 Å². The fourth-order valence-electron chi connectivity index (χ4n) is 3.90. The van der Waals surface area contributed by atoms with Crippen LogP contribution in [0, 0.1) is 0 Å². The van der Waals surface area contributed by atoms with Gasteiger partial charge in [0.2, 0.25) is 0 Å². The van der Waals surface area contributed by atoms with Crippen LogP contribution in [0.3, 0.4) is 0 Å².